The maximum atomic E-state index is 14.1. The zero-order chi connectivity index (χ0) is 46.3. The molecule has 1 aliphatic rings. The lowest BCUT2D eigenvalue weighted by Gasteiger charge is -2.46. The van der Waals surface area contributed by atoms with E-state index in [2.05, 4.69) is 6.07 Å². The van der Waals surface area contributed by atoms with Gasteiger partial charge in [-0.1, -0.05) is 36.4 Å². The van der Waals surface area contributed by atoms with Crippen molar-refractivity contribution in [3.63, 3.8) is 0 Å². The highest BCUT2D eigenvalue weighted by Gasteiger charge is 2.50. The Bertz CT molecular complexity index is 2410. The molecule has 0 amide bonds. The monoisotopic (exact) mass is 913 g/mol. The smallest absolute Gasteiger partial charge is 0.229 e. The molecule has 16 heteroatoms. The van der Waals surface area contributed by atoms with Crippen LogP contribution in [-0.2, 0) is 49.5 Å². The molecule has 0 saturated carbocycles. The Balaban J connectivity index is 1.42. The Morgan fingerprint density at radius 1 is 0.569 bits per heavy atom. The van der Waals surface area contributed by atoms with E-state index in [-0.39, 0.29) is 38.6 Å². The zero-order valence-electron chi connectivity index (χ0n) is 37.6. The third-order valence-electron chi connectivity index (χ3n) is 10.9. The molecular weight excluding hydrogens is 858 g/mol. The molecule has 6 atom stereocenters. The number of methoxy groups -OCH3 is 7. The Labute approximate surface area is 380 Å². The summed E-state index contributed by atoms with van der Waals surface area (Å²) in [6.07, 6.45) is -5.18. The molecule has 1 aliphatic heterocycles. The second kappa shape index (κ2) is 23.3. The van der Waals surface area contributed by atoms with Crippen molar-refractivity contribution < 1.29 is 66.3 Å². The first-order chi connectivity index (χ1) is 31.5. The van der Waals surface area contributed by atoms with Crippen molar-refractivity contribution in [2.75, 3.05) is 55.9 Å². The molecule has 65 heavy (non-hydrogen) atoms. The maximum Gasteiger partial charge on any atom is 0.229 e. The Hall–Kier alpha value is -5.98. The van der Waals surface area contributed by atoms with E-state index >= 15 is 0 Å². The van der Waals surface area contributed by atoms with Gasteiger partial charge < -0.3 is 61.7 Å². The largest absolute Gasteiger partial charge is 0.497 e. The van der Waals surface area contributed by atoms with Gasteiger partial charge in [0.05, 0.1) is 93.5 Å². The van der Waals surface area contributed by atoms with Crippen molar-refractivity contribution in [1.82, 2.24) is 0 Å². The zero-order valence-corrected chi connectivity index (χ0v) is 38.5. The fourth-order valence-electron chi connectivity index (χ4n) is 7.49. The number of hydrogen-bond donors (Lipinski definition) is 1. The van der Waals surface area contributed by atoms with E-state index in [4.69, 9.17) is 56.8 Å². The predicted octanol–water partition coefficient (Wildman–Crippen LogP) is 8.34. The Kier molecular flexibility index (Phi) is 17.4. The Morgan fingerprint density at radius 3 is 1.51 bits per heavy atom. The van der Waals surface area contributed by atoms with Gasteiger partial charge in [0, 0.05) is 6.16 Å². The van der Waals surface area contributed by atoms with Gasteiger partial charge in [-0.05, 0) is 95.4 Å². The second-order valence-corrected chi connectivity index (χ2v) is 17.5. The van der Waals surface area contributed by atoms with E-state index in [0.717, 1.165) is 16.7 Å². The lowest BCUT2D eigenvalue weighted by Crippen LogP contribution is -2.61. The molecule has 1 N–H and O–H groups in total. The lowest BCUT2D eigenvalue weighted by molar-refractivity contribution is -0.304. The summed E-state index contributed by atoms with van der Waals surface area (Å²) in [5.74, 6) is 4.25. The van der Waals surface area contributed by atoms with Crippen molar-refractivity contribution in [1.29, 1.82) is 5.26 Å². The molecule has 15 nitrogen and oxygen atoms in total. The average molecular weight is 914 g/mol. The van der Waals surface area contributed by atoms with Crippen molar-refractivity contribution in [2.24, 2.45) is 0 Å². The molecule has 0 radical (unpaired) electrons. The molecule has 6 rings (SSSR count). The fraction of sp³-hybridized carbons (Fsp3) is 0.367. The third kappa shape index (κ3) is 12.6. The minimum absolute atomic E-state index is 0.0419. The van der Waals surface area contributed by atoms with Crippen LogP contribution in [0, 0.1) is 11.3 Å². The van der Waals surface area contributed by atoms with Gasteiger partial charge in [-0.2, -0.15) is 5.26 Å². The first-order valence-electron chi connectivity index (χ1n) is 20.8. The number of benzene rings is 5. The van der Waals surface area contributed by atoms with E-state index in [1.54, 1.807) is 116 Å². The quantitative estimate of drug-likeness (QED) is 0.0620. The summed E-state index contributed by atoms with van der Waals surface area (Å²) in [4.78, 5) is 11.5. The summed E-state index contributed by atoms with van der Waals surface area (Å²) < 4.78 is 86.8. The molecule has 5 aromatic rings. The normalized spacial score (nSPS) is 19.0. The highest BCUT2D eigenvalue weighted by atomic mass is 31.2. The molecule has 1 fully saturated rings. The van der Waals surface area contributed by atoms with Crippen molar-refractivity contribution in [3.05, 3.63) is 131 Å². The highest BCUT2D eigenvalue weighted by Crippen LogP contribution is 2.47. The predicted molar refractivity (Wildman–Crippen MR) is 241 cm³/mol. The van der Waals surface area contributed by atoms with E-state index in [9.17, 15) is 14.7 Å². The standard InChI is InChI=1S/C49H56NO14P/c1-53-37-15-17-38(18-16-37)63-49-48(62-30-34-14-21-41(56-4)45(26-34)59-7)47(61-29-33-13-20-40(55-3)44(25-33)58-6)46(60-28-32-12-19-39(54-2)43(24-32)57-5)42(64-49)22-23-65(51,52)31-36-11-9-8-10-35(36)27-50/h8-21,24-26,42,46-49H,22-23,28-31H2,1-7H3,(H,51,52)/t42-,46-,47+,48+,49?/m1/s1. The van der Waals surface area contributed by atoms with Crippen molar-refractivity contribution >= 4 is 7.37 Å². The molecule has 346 valence electrons. The molecular formula is C49H56NO14P. The molecule has 0 bridgehead atoms. The SMILES string of the molecule is COc1ccc(OC2O[C@H](CCP(=O)(O)Cc3ccccc3C#N)[C@@H](OCc3ccc(OC)c(OC)c3)[C@H](OCc3ccc(OC)c(OC)c3)[C@@H]2OCc2ccc(OC)c(OC)c2)cc1. The van der Waals surface area contributed by atoms with Crippen LogP contribution < -0.4 is 37.9 Å². The molecule has 0 aromatic heterocycles. The van der Waals surface area contributed by atoms with Gasteiger partial charge in [0.2, 0.25) is 13.7 Å². The van der Waals surface area contributed by atoms with Crippen LogP contribution in [0.2, 0.25) is 0 Å². The molecule has 5 aromatic carbocycles. The van der Waals surface area contributed by atoms with Gasteiger partial charge in [0.25, 0.3) is 0 Å². The van der Waals surface area contributed by atoms with Gasteiger partial charge in [0.1, 0.15) is 29.8 Å². The van der Waals surface area contributed by atoms with Crippen molar-refractivity contribution in [3.8, 4) is 52.1 Å². The first-order valence-corrected chi connectivity index (χ1v) is 22.8. The lowest BCUT2D eigenvalue weighted by atomic mass is 9.96. The van der Waals surface area contributed by atoms with Crippen LogP contribution in [0.5, 0.6) is 46.0 Å². The minimum Gasteiger partial charge on any atom is -0.497 e. The third-order valence-corrected chi connectivity index (χ3v) is 12.7. The van der Waals surface area contributed by atoms with E-state index in [1.165, 1.54) is 0 Å². The number of hydrogen-bond acceptors (Lipinski definition) is 14. The summed E-state index contributed by atoms with van der Waals surface area (Å²) in [6, 6.07) is 32.3. The summed E-state index contributed by atoms with van der Waals surface area (Å²) in [6.45, 7) is 0.174. The topological polar surface area (TPSA) is 172 Å². The van der Waals surface area contributed by atoms with Crippen LogP contribution >= 0.6 is 7.37 Å². The van der Waals surface area contributed by atoms with Crippen LogP contribution in [0.15, 0.2) is 103 Å². The molecule has 0 aliphatic carbocycles. The Morgan fingerprint density at radius 2 is 1.03 bits per heavy atom. The van der Waals surface area contributed by atoms with Crippen molar-refractivity contribution in [2.45, 2.75) is 63.1 Å². The number of nitrogens with zero attached hydrogens (tertiary/aromatic N) is 1. The van der Waals surface area contributed by atoms with Crippen LogP contribution in [0.1, 0.15) is 34.2 Å². The van der Waals surface area contributed by atoms with Crippen LogP contribution in [0.25, 0.3) is 0 Å². The van der Waals surface area contributed by atoms with E-state index < -0.39 is 38.1 Å². The minimum atomic E-state index is -3.91. The van der Waals surface area contributed by atoms with Gasteiger partial charge in [-0.25, -0.2) is 0 Å². The molecule has 1 saturated heterocycles. The van der Waals surface area contributed by atoms with Crippen LogP contribution in [0.3, 0.4) is 0 Å². The highest BCUT2D eigenvalue weighted by molar-refractivity contribution is 7.57. The van der Waals surface area contributed by atoms with E-state index in [0.29, 0.717) is 57.1 Å². The maximum absolute atomic E-state index is 14.1. The number of nitriles is 1. The van der Waals surface area contributed by atoms with E-state index in [1.807, 2.05) is 36.4 Å². The average Bonchev–Trinajstić information content (AvgIpc) is 3.34. The van der Waals surface area contributed by atoms with Crippen LogP contribution in [0.4, 0.5) is 0 Å². The van der Waals surface area contributed by atoms with Gasteiger partial charge in [0.15, 0.2) is 34.5 Å². The molecule has 0 spiro atoms. The summed E-state index contributed by atoms with van der Waals surface area (Å²) in [5.41, 5.74) is 3.07. The first kappa shape index (κ1) is 48.5. The van der Waals surface area contributed by atoms with Crippen LogP contribution in [-0.4, -0.2) is 91.5 Å². The van der Waals surface area contributed by atoms with Gasteiger partial charge >= 0.3 is 0 Å². The fourth-order valence-corrected chi connectivity index (χ4v) is 9.12. The summed E-state index contributed by atoms with van der Waals surface area (Å²) in [7, 11) is 7.01. The summed E-state index contributed by atoms with van der Waals surface area (Å²) >= 11 is 0. The molecule has 1 heterocycles. The second-order valence-electron chi connectivity index (χ2n) is 15.0. The van der Waals surface area contributed by atoms with Gasteiger partial charge in [-0.3, -0.25) is 4.57 Å². The molecule has 2 unspecified atom stereocenters. The number of ether oxygens (including phenoxy) is 12. The number of rotatable bonds is 23. The van der Waals surface area contributed by atoms with Gasteiger partial charge in [-0.15, -0.1) is 0 Å². The summed E-state index contributed by atoms with van der Waals surface area (Å²) in [5, 5.41) is 9.74.